The van der Waals surface area contributed by atoms with E-state index in [-0.39, 0.29) is 5.91 Å². The Morgan fingerprint density at radius 2 is 2.29 bits per heavy atom. The molecule has 1 aromatic heterocycles. The molecule has 0 spiro atoms. The van der Waals surface area contributed by atoms with Crippen molar-refractivity contribution in [3.05, 3.63) is 24.0 Å². The normalized spacial score (nSPS) is 11.4. The van der Waals surface area contributed by atoms with E-state index in [1.54, 1.807) is 0 Å². The van der Waals surface area contributed by atoms with Crippen LogP contribution in [-0.2, 0) is 18.4 Å². The topological polar surface area (TPSA) is 54.3 Å². The van der Waals surface area contributed by atoms with Gasteiger partial charge in [0.15, 0.2) is 0 Å². The highest BCUT2D eigenvalue weighted by Crippen LogP contribution is 2.03. The van der Waals surface area contributed by atoms with Crippen LogP contribution in [0.5, 0.6) is 0 Å². The molecule has 0 radical (unpaired) electrons. The number of nitrogens with one attached hydrogen (secondary N) is 1. The van der Waals surface area contributed by atoms with Crippen molar-refractivity contribution in [2.24, 2.45) is 7.05 Å². The van der Waals surface area contributed by atoms with E-state index < -0.39 is 5.60 Å². The molecule has 0 saturated carbocycles. The predicted molar refractivity (Wildman–Crippen MR) is 53.6 cm³/mol. The van der Waals surface area contributed by atoms with Gasteiger partial charge in [-0.25, -0.2) is 0 Å². The average molecular weight is 196 g/mol. The summed E-state index contributed by atoms with van der Waals surface area (Å²) in [5.41, 5.74) is -0.312. The number of aliphatic hydroxyl groups is 1. The number of nitrogens with zero attached hydrogens (tertiary/aromatic N) is 1. The van der Waals surface area contributed by atoms with Crippen LogP contribution in [0.1, 0.15) is 19.5 Å². The van der Waals surface area contributed by atoms with Crippen LogP contribution < -0.4 is 5.32 Å². The number of carbonyl (C=O) groups is 1. The number of carbonyl (C=O) groups excluding carboxylic acids is 1. The van der Waals surface area contributed by atoms with Crippen molar-refractivity contribution in [1.82, 2.24) is 9.88 Å². The third-order valence-corrected chi connectivity index (χ3v) is 2.04. The van der Waals surface area contributed by atoms with Gasteiger partial charge in [-0.2, -0.15) is 0 Å². The number of aryl methyl sites for hydroxylation is 1. The van der Waals surface area contributed by atoms with Crippen LogP contribution in [0.2, 0.25) is 0 Å². The number of amides is 1. The minimum atomic E-state index is -1.31. The van der Waals surface area contributed by atoms with Crippen molar-refractivity contribution >= 4 is 5.91 Å². The second-order valence-corrected chi connectivity index (χ2v) is 3.85. The lowest BCUT2D eigenvalue weighted by atomic mass is 10.1. The maximum Gasteiger partial charge on any atom is 0.251 e. The molecule has 2 N–H and O–H groups in total. The number of rotatable bonds is 3. The molecular formula is C10H16N2O2. The van der Waals surface area contributed by atoms with Crippen molar-refractivity contribution in [3.63, 3.8) is 0 Å². The highest BCUT2D eigenvalue weighted by Gasteiger charge is 2.23. The van der Waals surface area contributed by atoms with Crippen molar-refractivity contribution in [2.75, 3.05) is 0 Å². The van der Waals surface area contributed by atoms with E-state index >= 15 is 0 Å². The van der Waals surface area contributed by atoms with E-state index in [0.717, 1.165) is 5.69 Å². The SMILES string of the molecule is Cn1cccc1CNC(=O)C(C)(C)O. The van der Waals surface area contributed by atoms with Gasteiger partial charge in [0.25, 0.3) is 5.91 Å². The van der Waals surface area contributed by atoms with Crippen LogP contribution in [0.15, 0.2) is 18.3 Å². The van der Waals surface area contributed by atoms with E-state index in [1.807, 2.05) is 29.9 Å². The fourth-order valence-electron chi connectivity index (χ4n) is 1.07. The fourth-order valence-corrected chi connectivity index (χ4v) is 1.07. The van der Waals surface area contributed by atoms with Gasteiger partial charge < -0.3 is 15.0 Å². The van der Waals surface area contributed by atoms with Gasteiger partial charge in [0.2, 0.25) is 0 Å². The Morgan fingerprint density at radius 3 is 2.71 bits per heavy atom. The summed E-state index contributed by atoms with van der Waals surface area (Å²) >= 11 is 0. The minimum Gasteiger partial charge on any atom is -0.381 e. The summed E-state index contributed by atoms with van der Waals surface area (Å²) < 4.78 is 1.92. The van der Waals surface area contributed by atoms with E-state index in [9.17, 15) is 9.90 Å². The monoisotopic (exact) mass is 196 g/mol. The quantitative estimate of drug-likeness (QED) is 0.735. The zero-order valence-electron chi connectivity index (χ0n) is 8.74. The maximum atomic E-state index is 11.3. The molecule has 4 heteroatoms. The van der Waals surface area contributed by atoms with Crippen molar-refractivity contribution in [2.45, 2.75) is 26.0 Å². The molecule has 1 rings (SSSR count). The third-order valence-electron chi connectivity index (χ3n) is 2.04. The summed E-state index contributed by atoms with van der Waals surface area (Å²) in [5, 5.41) is 12.0. The molecule has 4 nitrogen and oxygen atoms in total. The van der Waals surface area contributed by atoms with Crippen molar-refractivity contribution in [3.8, 4) is 0 Å². The second-order valence-electron chi connectivity index (χ2n) is 3.85. The van der Waals surface area contributed by atoms with Gasteiger partial charge in [-0.3, -0.25) is 4.79 Å². The Bertz CT molecular complexity index is 323. The first-order valence-corrected chi connectivity index (χ1v) is 4.52. The molecule has 0 bridgehead atoms. The van der Waals surface area contributed by atoms with Gasteiger partial charge in [-0.05, 0) is 26.0 Å². The standard InChI is InChI=1S/C10H16N2O2/c1-10(2,14)9(13)11-7-8-5-4-6-12(8)3/h4-6,14H,7H2,1-3H3,(H,11,13). The van der Waals surface area contributed by atoms with E-state index in [4.69, 9.17) is 0 Å². The summed E-state index contributed by atoms with van der Waals surface area (Å²) in [6.45, 7) is 3.37. The maximum absolute atomic E-state index is 11.3. The highest BCUT2D eigenvalue weighted by molar-refractivity contribution is 5.83. The fraction of sp³-hybridized carbons (Fsp3) is 0.500. The molecular weight excluding hydrogens is 180 g/mol. The summed E-state index contributed by atoms with van der Waals surface area (Å²) in [6.07, 6.45) is 1.91. The molecule has 0 atom stereocenters. The Balaban J connectivity index is 2.50. The smallest absolute Gasteiger partial charge is 0.251 e. The van der Waals surface area contributed by atoms with Crippen molar-refractivity contribution in [1.29, 1.82) is 0 Å². The lowest BCUT2D eigenvalue weighted by Gasteiger charge is -2.16. The van der Waals surface area contributed by atoms with Crippen LogP contribution in [-0.4, -0.2) is 21.2 Å². The first-order valence-electron chi connectivity index (χ1n) is 4.52. The summed E-state index contributed by atoms with van der Waals surface area (Å²) in [4.78, 5) is 11.3. The second kappa shape index (κ2) is 3.84. The van der Waals surface area contributed by atoms with Gasteiger partial charge in [0.1, 0.15) is 5.60 Å². The van der Waals surface area contributed by atoms with Gasteiger partial charge in [-0.15, -0.1) is 0 Å². The number of aromatic nitrogens is 1. The molecule has 1 amide bonds. The molecule has 0 aliphatic carbocycles. The lowest BCUT2D eigenvalue weighted by molar-refractivity contribution is -0.136. The molecule has 1 aromatic rings. The molecule has 0 unspecified atom stereocenters. The van der Waals surface area contributed by atoms with Crippen molar-refractivity contribution < 1.29 is 9.90 Å². The largest absolute Gasteiger partial charge is 0.381 e. The summed E-state index contributed by atoms with van der Waals surface area (Å²) in [7, 11) is 1.91. The van der Waals surface area contributed by atoms with Crippen LogP contribution in [0.4, 0.5) is 0 Å². The third kappa shape index (κ3) is 2.60. The van der Waals surface area contributed by atoms with Crippen LogP contribution >= 0.6 is 0 Å². The van der Waals surface area contributed by atoms with Gasteiger partial charge >= 0.3 is 0 Å². The lowest BCUT2D eigenvalue weighted by Crippen LogP contribution is -2.41. The summed E-state index contributed by atoms with van der Waals surface area (Å²) in [5.74, 6) is -0.362. The van der Waals surface area contributed by atoms with E-state index in [2.05, 4.69) is 5.32 Å². The summed E-state index contributed by atoms with van der Waals surface area (Å²) in [6, 6.07) is 3.83. The molecule has 14 heavy (non-hydrogen) atoms. The number of hydrogen-bond acceptors (Lipinski definition) is 2. The first kappa shape index (κ1) is 10.8. The molecule has 0 aromatic carbocycles. The zero-order chi connectivity index (χ0) is 10.8. The average Bonchev–Trinajstić information content (AvgIpc) is 2.45. The Kier molecular flexibility index (Phi) is 2.96. The van der Waals surface area contributed by atoms with E-state index in [1.165, 1.54) is 13.8 Å². The van der Waals surface area contributed by atoms with Crippen LogP contribution in [0, 0.1) is 0 Å². The minimum absolute atomic E-state index is 0.362. The highest BCUT2D eigenvalue weighted by atomic mass is 16.3. The van der Waals surface area contributed by atoms with Crippen LogP contribution in [0.25, 0.3) is 0 Å². The molecule has 78 valence electrons. The van der Waals surface area contributed by atoms with Crippen LogP contribution in [0.3, 0.4) is 0 Å². The predicted octanol–water partition coefficient (Wildman–Crippen LogP) is 0.412. The first-order chi connectivity index (χ1) is 6.41. The van der Waals surface area contributed by atoms with E-state index in [0.29, 0.717) is 6.54 Å². The molecule has 1 heterocycles. The van der Waals surface area contributed by atoms with Gasteiger partial charge in [-0.1, -0.05) is 0 Å². The molecule has 0 saturated heterocycles. The Morgan fingerprint density at radius 1 is 1.64 bits per heavy atom. The Labute approximate surface area is 83.5 Å². The number of hydrogen-bond donors (Lipinski definition) is 2. The van der Waals surface area contributed by atoms with Gasteiger partial charge in [0.05, 0.1) is 6.54 Å². The van der Waals surface area contributed by atoms with Gasteiger partial charge in [0, 0.05) is 18.9 Å². The zero-order valence-corrected chi connectivity index (χ0v) is 8.74. The molecule has 0 fully saturated rings. The molecule has 0 aliphatic heterocycles. The molecule has 0 aliphatic rings. The Hall–Kier alpha value is -1.29.